The first-order chi connectivity index (χ1) is 22.7. The first-order valence-electron chi connectivity index (χ1n) is 17.4. The second-order valence-electron chi connectivity index (χ2n) is 12.5. The van der Waals surface area contributed by atoms with Crippen LogP contribution >= 0.6 is 0 Å². The normalized spacial score (nSPS) is 12.1. The summed E-state index contributed by atoms with van der Waals surface area (Å²) in [6.45, 7) is 4.52. The Morgan fingerprint density at radius 3 is 1.28 bits per heavy atom. The molecule has 0 atom stereocenters. The molecule has 0 saturated heterocycles. The lowest BCUT2D eigenvalue weighted by atomic mass is 10.0. The lowest BCUT2D eigenvalue weighted by molar-refractivity contribution is 0.589. The van der Waals surface area contributed by atoms with E-state index >= 15 is 0 Å². The van der Waals surface area contributed by atoms with Crippen LogP contribution < -0.4 is 0 Å². The van der Waals surface area contributed by atoms with Crippen molar-refractivity contribution in [2.75, 3.05) is 0 Å². The summed E-state index contributed by atoms with van der Waals surface area (Å²) in [5.74, 6) is 1.18. The van der Waals surface area contributed by atoms with Crippen LogP contribution in [0.5, 0.6) is 0 Å². The van der Waals surface area contributed by atoms with E-state index in [4.69, 9.17) is 18.8 Å². The average Bonchev–Trinajstić information content (AvgIpc) is 3.71. The fraction of sp³-hybridized carbons (Fsp3) is 0.333. The Morgan fingerprint density at radius 2 is 0.870 bits per heavy atom. The van der Waals surface area contributed by atoms with Crippen LogP contribution in [0.3, 0.4) is 0 Å². The Morgan fingerprint density at radius 1 is 0.457 bits per heavy atom. The van der Waals surface area contributed by atoms with Crippen molar-refractivity contribution < 1.29 is 8.83 Å². The summed E-state index contributed by atoms with van der Waals surface area (Å²) < 4.78 is 12.2. The molecule has 0 amide bonds. The molecule has 0 radical (unpaired) electrons. The Hall–Kier alpha value is -4.44. The molecule has 46 heavy (non-hydrogen) atoms. The molecular formula is C42H46N2O2. The summed E-state index contributed by atoms with van der Waals surface area (Å²) in [5, 5.41) is 2.01. The van der Waals surface area contributed by atoms with Gasteiger partial charge in [-0.15, -0.1) is 0 Å². The molecule has 0 fully saturated rings. The van der Waals surface area contributed by atoms with Gasteiger partial charge in [-0.05, 0) is 84.4 Å². The van der Waals surface area contributed by atoms with Gasteiger partial charge < -0.3 is 8.83 Å². The standard InChI is InChI=1S/C42H46N2O2/c1-3-5-7-9-11-13-31-15-19-33(20-16-31)23-29-39-43-41-35-26-28-38-42(36(35)25-27-37(41)45-39)44-40(46-38)30-24-34-21-17-32(18-22-34)14-12-10-8-6-4-2/h15-30H,3-14H2,1-2H3/b29-23+,30-24+. The van der Waals surface area contributed by atoms with Gasteiger partial charge in [0.2, 0.25) is 11.8 Å². The van der Waals surface area contributed by atoms with Crippen LogP contribution in [0.15, 0.2) is 81.6 Å². The number of hydrogen-bond donors (Lipinski definition) is 0. The smallest absolute Gasteiger partial charge is 0.220 e. The zero-order chi connectivity index (χ0) is 31.6. The zero-order valence-corrected chi connectivity index (χ0v) is 27.4. The van der Waals surface area contributed by atoms with Crippen LogP contribution in [0.4, 0.5) is 0 Å². The molecule has 236 valence electrons. The molecule has 0 unspecified atom stereocenters. The molecule has 0 aliphatic heterocycles. The molecule has 0 aliphatic carbocycles. The van der Waals surface area contributed by atoms with Crippen LogP contribution in [0, 0.1) is 0 Å². The van der Waals surface area contributed by atoms with E-state index in [1.165, 1.54) is 75.3 Å². The molecule has 0 aliphatic rings. The highest BCUT2D eigenvalue weighted by Crippen LogP contribution is 2.32. The first-order valence-corrected chi connectivity index (χ1v) is 17.4. The highest BCUT2D eigenvalue weighted by Gasteiger charge is 2.13. The van der Waals surface area contributed by atoms with Crippen molar-refractivity contribution in [2.24, 2.45) is 0 Å². The van der Waals surface area contributed by atoms with Gasteiger partial charge in [0.25, 0.3) is 0 Å². The molecule has 0 spiro atoms. The summed E-state index contributed by atoms with van der Waals surface area (Å²) in [5.41, 5.74) is 8.28. The van der Waals surface area contributed by atoms with E-state index in [1.807, 2.05) is 24.3 Å². The third-order valence-corrected chi connectivity index (χ3v) is 8.88. The lowest BCUT2D eigenvalue weighted by Gasteiger charge is -2.02. The minimum Gasteiger partial charge on any atom is -0.437 e. The summed E-state index contributed by atoms with van der Waals surface area (Å²) in [7, 11) is 0. The molecule has 4 aromatic carbocycles. The molecular weight excluding hydrogens is 564 g/mol. The van der Waals surface area contributed by atoms with Crippen LogP contribution in [-0.2, 0) is 12.8 Å². The van der Waals surface area contributed by atoms with Crippen LogP contribution in [0.25, 0.3) is 57.3 Å². The summed E-state index contributed by atoms with van der Waals surface area (Å²) in [6.07, 6.45) is 23.4. The molecule has 2 heterocycles. The Kier molecular flexibility index (Phi) is 10.8. The molecule has 6 aromatic rings. The van der Waals surface area contributed by atoms with Crippen molar-refractivity contribution in [3.8, 4) is 0 Å². The largest absolute Gasteiger partial charge is 0.437 e. The van der Waals surface area contributed by atoms with E-state index in [-0.39, 0.29) is 0 Å². The fourth-order valence-corrected chi connectivity index (χ4v) is 6.15. The van der Waals surface area contributed by atoms with Gasteiger partial charge in [-0.3, -0.25) is 0 Å². The minimum absolute atomic E-state index is 0.592. The molecule has 4 heteroatoms. The number of hydrogen-bond acceptors (Lipinski definition) is 4. The zero-order valence-electron chi connectivity index (χ0n) is 27.4. The number of benzene rings is 4. The van der Waals surface area contributed by atoms with Crippen molar-refractivity contribution >= 4 is 57.3 Å². The summed E-state index contributed by atoms with van der Waals surface area (Å²) in [4.78, 5) is 9.68. The van der Waals surface area contributed by atoms with Gasteiger partial charge in [-0.25, -0.2) is 9.97 Å². The average molecular weight is 611 g/mol. The van der Waals surface area contributed by atoms with Crippen molar-refractivity contribution in [3.63, 3.8) is 0 Å². The van der Waals surface area contributed by atoms with Crippen LogP contribution in [0.1, 0.15) is 112 Å². The Labute approximate surface area is 273 Å². The number of nitrogens with zero attached hydrogens (tertiary/aromatic N) is 2. The molecule has 4 nitrogen and oxygen atoms in total. The maximum Gasteiger partial charge on any atom is 0.220 e. The molecule has 0 saturated carbocycles. The van der Waals surface area contributed by atoms with Crippen molar-refractivity contribution in [2.45, 2.75) is 90.9 Å². The van der Waals surface area contributed by atoms with Gasteiger partial charge in [0.05, 0.1) is 0 Å². The van der Waals surface area contributed by atoms with Crippen LogP contribution in [-0.4, -0.2) is 9.97 Å². The van der Waals surface area contributed by atoms with E-state index in [1.54, 1.807) is 0 Å². The topological polar surface area (TPSA) is 52.1 Å². The molecule has 0 bridgehead atoms. The Bertz CT molecular complexity index is 1760. The predicted molar refractivity (Wildman–Crippen MR) is 195 cm³/mol. The summed E-state index contributed by atoms with van der Waals surface area (Å²) >= 11 is 0. The number of aromatic nitrogens is 2. The quantitative estimate of drug-likeness (QED) is 0.102. The highest BCUT2D eigenvalue weighted by molar-refractivity contribution is 6.13. The van der Waals surface area contributed by atoms with E-state index in [0.717, 1.165) is 56.9 Å². The summed E-state index contributed by atoms with van der Waals surface area (Å²) in [6, 6.07) is 25.7. The van der Waals surface area contributed by atoms with Crippen molar-refractivity contribution in [1.82, 2.24) is 9.97 Å². The second-order valence-corrected chi connectivity index (χ2v) is 12.5. The lowest BCUT2D eigenvalue weighted by Crippen LogP contribution is -1.86. The predicted octanol–water partition coefficient (Wildman–Crippen LogP) is 12.5. The number of oxazole rings is 2. The van der Waals surface area contributed by atoms with E-state index in [2.05, 4.69) is 86.7 Å². The third kappa shape index (κ3) is 8.04. The maximum atomic E-state index is 6.10. The SMILES string of the molecule is CCCCCCCc1ccc(/C=C/c2nc3c(ccc4c3ccc3oc(/C=C/c5ccc(CCCCCCC)cc5)nc34)o2)cc1. The van der Waals surface area contributed by atoms with Crippen LogP contribution in [0.2, 0.25) is 0 Å². The number of aryl methyl sites for hydroxylation is 2. The first kappa shape index (κ1) is 31.5. The Balaban J connectivity index is 1.12. The molecule has 2 aromatic heterocycles. The van der Waals surface area contributed by atoms with E-state index in [0.29, 0.717) is 11.8 Å². The van der Waals surface area contributed by atoms with Gasteiger partial charge >= 0.3 is 0 Å². The highest BCUT2D eigenvalue weighted by atomic mass is 16.4. The minimum atomic E-state index is 0.592. The fourth-order valence-electron chi connectivity index (χ4n) is 6.15. The van der Waals surface area contributed by atoms with E-state index < -0.39 is 0 Å². The molecule has 6 rings (SSSR count). The van der Waals surface area contributed by atoms with Gasteiger partial charge in [0.15, 0.2) is 11.2 Å². The number of rotatable bonds is 16. The van der Waals surface area contributed by atoms with Gasteiger partial charge in [0.1, 0.15) is 11.0 Å². The monoisotopic (exact) mass is 610 g/mol. The van der Waals surface area contributed by atoms with Crippen molar-refractivity contribution in [3.05, 3.63) is 107 Å². The van der Waals surface area contributed by atoms with Gasteiger partial charge in [-0.1, -0.05) is 114 Å². The third-order valence-electron chi connectivity index (χ3n) is 8.88. The second kappa shape index (κ2) is 15.7. The molecule has 0 N–H and O–H groups in total. The van der Waals surface area contributed by atoms with Gasteiger partial charge in [0, 0.05) is 22.9 Å². The maximum absolute atomic E-state index is 6.10. The van der Waals surface area contributed by atoms with Gasteiger partial charge in [-0.2, -0.15) is 0 Å². The van der Waals surface area contributed by atoms with Crippen molar-refractivity contribution in [1.29, 1.82) is 0 Å². The van der Waals surface area contributed by atoms with E-state index in [9.17, 15) is 0 Å². The number of unbranched alkanes of at least 4 members (excludes halogenated alkanes) is 8. The number of fused-ring (bicyclic) bond motifs is 5.